The normalized spacial score (nSPS) is 28.1. The van der Waals surface area contributed by atoms with E-state index in [2.05, 4.69) is 33.9 Å². The van der Waals surface area contributed by atoms with E-state index in [4.69, 9.17) is 21.8 Å². The Labute approximate surface area is 257 Å². The van der Waals surface area contributed by atoms with Gasteiger partial charge in [-0.3, -0.25) is 10.1 Å². The number of rotatable bonds is 12. The van der Waals surface area contributed by atoms with Crippen LogP contribution in [0.1, 0.15) is 25.0 Å². The van der Waals surface area contributed by atoms with Crippen molar-refractivity contribution in [2.24, 2.45) is 0 Å². The van der Waals surface area contributed by atoms with Crippen LogP contribution in [0.3, 0.4) is 0 Å². The van der Waals surface area contributed by atoms with Crippen molar-refractivity contribution in [1.29, 1.82) is 0 Å². The van der Waals surface area contributed by atoms with E-state index in [-0.39, 0.29) is 24.4 Å². The largest absolute Gasteiger partial charge is 0.388 e. The fraction of sp³-hybridized carbons (Fsp3) is 0.679. The predicted molar refractivity (Wildman–Crippen MR) is 159 cm³/mol. The van der Waals surface area contributed by atoms with Gasteiger partial charge in [0.1, 0.15) is 42.2 Å². The Balaban J connectivity index is 1.68. The Hall–Kier alpha value is -2.15. The first-order valence-corrected chi connectivity index (χ1v) is 15.0. The molecule has 15 heteroatoms. The topological polar surface area (TPSA) is 179 Å². The lowest BCUT2D eigenvalue weighted by molar-refractivity contribution is -0.311. The van der Waals surface area contributed by atoms with Crippen LogP contribution in [-0.4, -0.2) is 165 Å². The number of benzene rings is 1. The van der Waals surface area contributed by atoms with Crippen LogP contribution >= 0.6 is 12.2 Å². The van der Waals surface area contributed by atoms with E-state index < -0.39 is 43.2 Å². The molecule has 0 spiro atoms. The van der Waals surface area contributed by atoms with E-state index in [1.165, 1.54) is 0 Å². The number of ether oxygens (including phenoxy) is 1. The summed E-state index contributed by atoms with van der Waals surface area (Å²) < 4.78 is 5.20. The third-order valence-electron chi connectivity index (χ3n) is 7.92. The molecule has 2 unspecified atom stereocenters. The smallest absolute Gasteiger partial charge is 0.341 e. The maximum Gasteiger partial charge on any atom is 0.341 e. The highest BCUT2D eigenvalue weighted by Gasteiger charge is 2.42. The summed E-state index contributed by atoms with van der Waals surface area (Å²) in [7, 11) is 0. The second-order valence-electron chi connectivity index (χ2n) is 10.8. The number of hydrogen-bond donors (Lipinski definition) is 6. The molecule has 0 aliphatic carbocycles. The lowest BCUT2D eigenvalue weighted by atomic mass is 9.99. The van der Waals surface area contributed by atoms with Gasteiger partial charge in [0.15, 0.2) is 6.29 Å². The number of aldehydes is 1. The van der Waals surface area contributed by atoms with Crippen LogP contribution in [0.4, 0.5) is 0 Å². The molecule has 2 aliphatic rings. The molecule has 0 aromatic heterocycles. The summed E-state index contributed by atoms with van der Waals surface area (Å²) in [5.41, 5.74) is 1.74. The number of hydroxylamine groups is 2. The Morgan fingerprint density at radius 2 is 1.70 bits per heavy atom. The van der Waals surface area contributed by atoms with Crippen LogP contribution in [0.25, 0.3) is 0 Å². The SMILES string of the molecule is CCN1CCN(CC)CC(Cc2ccc(C(=S)NC[C@H]3OC(O)[C@H](O)[C@@H](O)[C@@H]3O)cc2)N(CC(=O)ON(O)CC=O)CC1. The standard InChI is InChI=1S/C28H45N5O9S/c1-3-30-9-10-31(4-2)17-21(32(12-11-30)18-23(35)42-33(40)13-14-34)15-19-5-7-20(8-6-19)27(43)29-16-22-24(36)25(37)26(38)28(39)41-22/h5-8,14,21-22,24-26,28,36-40H,3-4,9-13,15-18H2,1-2H3,(H,29,43)/t21?,22-,24-,25+,26-,28?/m1/s1. The van der Waals surface area contributed by atoms with Crippen LogP contribution in [-0.2, 0) is 25.6 Å². The van der Waals surface area contributed by atoms with E-state index in [9.17, 15) is 35.2 Å². The number of aliphatic hydroxyl groups excluding tert-OH is 4. The number of nitrogens with zero attached hydrogens (tertiary/aromatic N) is 4. The van der Waals surface area contributed by atoms with Gasteiger partial charge in [-0.1, -0.05) is 50.3 Å². The zero-order valence-electron chi connectivity index (χ0n) is 24.7. The molecule has 14 nitrogen and oxygen atoms in total. The van der Waals surface area contributed by atoms with Crippen molar-refractivity contribution < 1.29 is 44.8 Å². The highest BCUT2D eigenvalue weighted by molar-refractivity contribution is 7.80. The molecular weight excluding hydrogens is 582 g/mol. The fourth-order valence-corrected chi connectivity index (χ4v) is 5.45. The minimum Gasteiger partial charge on any atom is -0.388 e. The molecule has 2 heterocycles. The number of thiocarbonyl (C=S) groups is 1. The first-order chi connectivity index (χ1) is 20.6. The monoisotopic (exact) mass is 627 g/mol. The van der Waals surface area contributed by atoms with Gasteiger partial charge in [0.2, 0.25) is 0 Å². The molecule has 0 bridgehead atoms. The van der Waals surface area contributed by atoms with Gasteiger partial charge in [-0.2, -0.15) is 0 Å². The second-order valence-corrected chi connectivity index (χ2v) is 11.2. The predicted octanol–water partition coefficient (Wildman–Crippen LogP) is -2.03. The quantitative estimate of drug-likeness (QED) is 0.0849. The lowest BCUT2D eigenvalue weighted by Crippen LogP contribution is -2.59. The van der Waals surface area contributed by atoms with Gasteiger partial charge in [0, 0.05) is 50.9 Å². The lowest BCUT2D eigenvalue weighted by Gasteiger charge is -2.38. The molecule has 3 rings (SSSR count). The minimum absolute atomic E-state index is 0.00940. The number of likely N-dealkylation sites (N-methyl/N-ethyl adjacent to an activating group) is 2. The number of aliphatic hydroxyl groups is 4. The number of hydrogen-bond acceptors (Lipinski definition) is 14. The summed E-state index contributed by atoms with van der Waals surface area (Å²) in [6.07, 6.45) is -6.08. The van der Waals surface area contributed by atoms with E-state index >= 15 is 0 Å². The molecule has 2 saturated heterocycles. The summed E-state index contributed by atoms with van der Waals surface area (Å²) in [5, 5.41) is 52.3. The van der Waals surface area contributed by atoms with Gasteiger partial charge in [0.25, 0.3) is 0 Å². The Bertz CT molecular complexity index is 1040. The molecule has 1 aromatic rings. The average molecular weight is 628 g/mol. The van der Waals surface area contributed by atoms with Gasteiger partial charge in [0.05, 0.1) is 6.54 Å². The number of nitrogens with one attached hydrogen (secondary N) is 1. The zero-order valence-corrected chi connectivity index (χ0v) is 25.5. The summed E-state index contributed by atoms with van der Waals surface area (Å²) >= 11 is 5.50. The molecular formula is C28H45N5O9S. The Morgan fingerprint density at radius 1 is 1.05 bits per heavy atom. The van der Waals surface area contributed by atoms with Gasteiger partial charge in [-0.15, -0.1) is 0 Å². The van der Waals surface area contributed by atoms with Crippen molar-refractivity contribution in [3.05, 3.63) is 35.4 Å². The third kappa shape index (κ3) is 10.5. The molecule has 43 heavy (non-hydrogen) atoms. The zero-order chi connectivity index (χ0) is 31.5. The van der Waals surface area contributed by atoms with Crippen LogP contribution in [0.2, 0.25) is 0 Å². The average Bonchev–Trinajstić information content (AvgIpc) is 3.06. The molecule has 0 radical (unpaired) electrons. The van der Waals surface area contributed by atoms with Crippen molar-refractivity contribution >= 4 is 29.5 Å². The van der Waals surface area contributed by atoms with Gasteiger partial charge in [-0.05, 0) is 30.3 Å². The van der Waals surface area contributed by atoms with Crippen molar-refractivity contribution in [2.45, 2.75) is 57.0 Å². The fourth-order valence-electron chi connectivity index (χ4n) is 5.23. The first kappa shape index (κ1) is 35.3. The molecule has 2 aliphatic heterocycles. The van der Waals surface area contributed by atoms with Gasteiger partial charge >= 0.3 is 5.97 Å². The number of carbonyl (C=O) groups excluding carboxylic acids is 2. The minimum atomic E-state index is -1.62. The molecule has 0 saturated carbocycles. The van der Waals surface area contributed by atoms with Crippen LogP contribution in [0.5, 0.6) is 0 Å². The summed E-state index contributed by atoms with van der Waals surface area (Å²) in [5.74, 6) is -0.659. The Morgan fingerprint density at radius 3 is 2.35 bits per heavy atom. The summed E-state index contributed by atoms with van der Waals surface area (Å²) in [4.78, 5) is 35.3. The van der Waals surface area contributed by atoms with Crippen LogP contribution in [0.15, 0.2) is 24.3 Å². The molecule has 6 atom stereocenters. The molecule has 2 fully saturated rings. The second kappa shape index (κ2) is 17.4. The summed E-state index contributed by atoms with van der Waals surface area (Å²) in [6, 6.07) is 7.59. The van der Waals surface area contributed by atoms with Crippen molar-refractivity contribution in [1.82, 2.24) is 25.2 Å². The first-order valence-electron chi connectivity index (χ1n) is 14.6. The summed E-state index contributed by atoms with van der Waals surface area (Å²) in [6.45, 7) is 9.37. The van der Waals surface area contributed by atoms with Crippen molar-refractivity contribution in [3.8, 4) is 0 Å². The molecule has 0 amide bonds. The molecule has 242 valence electrons. The van der Waals surface area contributed by atoms with Gasteiger partial charge in [-0.25, -0.2) is 4.79 Å². The van der Waals surface area contributed by atoms with E-state index in [1.54, 1.807) is 0 Å². The Kier molecular flexibility index (Phi) is 14.3. The van der Waals surface area contributed by atoms with E-state index in [0.717, 1.165) is 44.8 Å². The third-order valence-corrected chi connectivity index (χ3v) is 8.30. The van der Waals surface area contributed by atoms with Crippen LogP contribution in [0, 0.1) is 0 Å². The van der Waals surface area contributed by atoms with Crippen molar-refractivity contribution in [2.75, 3.05) is 65.4 Å². The van der Waals surface area contributed by atoms with Crippen LogP contribution < -0.4 is 5.32 Å². The van der Waals surface area contributed by atoms with E-state index in [1.807, 2.05) is 24.3 Å². The molecule has 1 aromatic carbocycles. The maximum atomic E-state index is 12.7. The maximum absolute atomic E-state index is 12.7. The highest BCUT2D eigenvalue weighted by atomic mass is 32.1. The van der Waals surface area contributed by atoms with E-state index in [0.29, 0.717) is 29.8 Å². The van der Waals surface area contributed by atoms with Gasteiger partial charge < -0.3 is 49.9 Å². The number of carbonyl (C=O) groups is 2. The van der Waals surface area contributed by atoms with Crippen molar-refractivity contribution in [3.63, 3.8) is 0 Å². The highest BCUT2D eigenvalue weighted by Crippen LogP contribution is 2.20. The molecule has 6 N–H and O–H groups in total.